The molecule has 19 heavy (non-hydrogen) atoms. The van der Waals surface area contributed by atoms with Crippen molar-refractivity contribution in [2.24, 2.45) is 0 Å². The van der Waals surface area contributed by atoms with Crippen LogP contribution in [-0.4, -0.2) is 29.5 Å². The Morgan fingerprint density at radius 2 is 1.68 bits per heavy atom. The van der Waals surface area contributed by atoms with Crippen molar-refractivity contribution in [1.82, 2.24) is 9.88 Å². The number of hydrogen-bond acceptors (Lipinski definition) is 1. The number of hydrogen-bond donors (Lipinski definition) is 1. The molecular weight excluding hydrogens is 256 g/mol. The van der Waals surface area contributed by atoms with Crippen molar-refractivity contribution >= 4 is 23.3 Å². The minimum atomic E-state index is 0. The first-order chi connectivity index (χ1) is 8.85. The molecule has 0 spiro atoms. The second-order valence-electron chi connectivity index (χ2n) is 4.95. The van der Waals surface area contributed by atoms with Gasteiger partial charge in [-0.15, -0.1) is 12.4 Å². The maximum Gasteiger partial charge on any atom is 0.0456 e. The maximum atomic E-state index is 3.36. The molecule has 1 heterocycles. The third-order valence-corrected chi connectivity index (χ3v) is 3.45. The summed E-state index contributed by atoms with van der Waals surface area (Å²) in [5.74, 6) is 0. The first-order valence-electron chi connectivity index (χ1n) is 7.12. The highest BCUT2D eigenvalue weighted by atomic mass is 35.5. The molecule has 0 aliphatic rings. The van der Waals surface area contributed by atoms with Crippen LogP contribution in [0.3, 0.4) is 0 Å². The molecule has 0 radical (unpaired) electrons. The maximum absolute atomic E-state index is 3.36. The van der Waals surface area contributed by atoms with Gasteiger partial charge in [0, 0.05) is 23.6 Å². The van der Waals surface area contributed by atoms with Gasteiger partial charge in [0.05, 0.1) is 0 Å². The molecule has 2 rings (SSSR count). The topological polar surface area (TPSA) is 19.0 Å². The minimum absolute atomic E-state index is 0. The van der Waals surface area contributed by atoms with Gasteiger partial charge in [-0.05, 0) is 44.0 Å². The van der Waals surface area contributed by atoms with Gasteiger partial charge in [0.2, 0.25) is 0 Å². The minimum Gasteiger partial charge on any atom is -0.361 e. The summed E-state index contributed by atoms with van der Waals surface area (Å²) in [6.07, 6.45) is 5.80. The number of aromatic nitrogens is 1. The van der Waals surface area contributed by atoms with Gasteiger partial charge >= 0.3 is 0 Å². The number of rotatable bonds is 7. The highest BCUT2D eigenvalue weighted by Gasteiger charge is 2.06. The number of fused-ring (bicyclic) bond motifs is 1. The molecule has 1 aromatic carbocycles. The number of benzene rings is 1. The number of para-hydroxylation sites is 1. The normalized spacial score (nSPS) is 10.9. The third-order valence-electron chi connectivity index (χ3n) is 3.45. The van der Waals surface area contributed by atoms with E-state index in [-0.39, 0.29) is 12.4 Å². The Morgan fingerprint density at radius 3 is 2.37 bits per heavy atom. The number of aromatic amines is 1. The Morgan fingerprint density at radius 1 is 1.00 bits per heavy atom. The molecule has 1 aromatic heterocycles. The molecular formula is C16H25ClN2. The fraction of sp³-hybridized carbons (Fsp3) is 0.500. The Labute approximate surface area is 122 Å². The van der Waals surface area contributed by atoms with Crippen LogP contribution in [0.2, 0.25) is 0 Å². The fourth-order valence-electron chi connectivity index (χ4n) is 2.58. The van der Waals surface area contributed by atoms with E-state index in [0.717, 1.165) is 6.42 Å². The quantitative estimate of drug-likeness (QED) is 0.803. The molecule has 106 valence electrons. The molecule has 0 aliphatic heterocycles. The van der Waals surface area contributed by atoms with E-state index in [1.807, 2.05) is 0 Å². The van der Waals surface area contributed by atoms with Gasteiger partial charge in [-0.3, -0.25) is 0 Å². The second kappa shape index (κ2) is 8.23. The van der Waals surface area contributed by atoms with Crippen molar-refractivity contribution in [2.45, 2.75) is 33.1 Å². The highest BCUT2D eigenvalue weighted by Crippen LogP contribution is 2.18. The predicted molar refractivity (Wildman–Crippen MR) is 86.3 cm³/mol. The summed E-state index contributed by atoms with van der Waals surface area (Å²) >= 11 is 0. The van der Waals surface area contributed by atoms with E-state index in [9.17, 15) is 0 Å². The molecule has 0 atom stereocenters. The smallest absolute Gasteiger partial charge is 0.0456 e. The molecule has 3 heteroatoms. The van der Waals surface area contributed by atoms with Crippen molar-refractivity contribution in [3.05, 3.63) is 36.0 Å². The molecule has 0 amide bonds. The van der Waals surface area contributed by atoms with Gasteiger partial charge in [0.1, 0.15) is 0 Å². The van der Waals surface area contributed by atoms with Crippen LogP contribution in [0.15, 0.2) is 30.5 Å². The SMILES string of the molecule is CCCN(CCC)CCc1c[nH]c2ccccc12.Cl. The fourth-order valence-corrected chi connectivity index (χ4v) is 2.58. The second-order valence-corrected chi connectivity index (χ2v) is 4.95. The van der Waals surface area contributed by atoms with Gasteiger partial charge < -0.3 is 9.88 Å². The lowest BCUT2D eigenvalue weighted by molar-refractivity contribution is 0.278. The van der Waals surface area contributed by atoms with Crippen LogP contribution < -0.4 is 0 Å². The van der Waals surface area contributed by atoms with Gasteiger partial charge in [0.15, 0.2) is 0 Å². The summed E-state index contributed by atoms with van der Waals surface area (Å²) in [6, 6.07) is 8.57. The van der Waals surface area contributed by atoms with Crippen molar-refractivity contribution in [2.75, 3.05) is 19.6 Å². The molecule has 0 saturated carbocycles. The lowest BCUT2D eigenvalue weighted by Crippen LogP contribution is -2.27. The lowest BCUT2D eigenvalue weighted by Gasteiger charge is -2.20. The first kappa shape index (κ1) is 16.1. The van der Waals surface area contributed by atoms with Crippen molar-refractivity contribution in [3.63, 3.8) is 0 Å². The van der Waals surface area contributed by atoms with Gasteiger partial charge in [0.25, 0.3) is 0 Å². The average molecular weight is 281 g/mol. The third kappa shape index (κ3) is 4.26. The van der Waals surface area contributed by atoms with Crippen molar-refractivity contribution in [3.8, 4) is 0 Å². The zero-order chi connectivity index (χ0) is 12.8. The van der Waals surface area contributed by atoms with Crippen LogP contribution >= 0.6 is 12.4 Å². The molecule has 2 nitrogen and oxygen atoms in total. The molecule has 0 fully saturated rings. The first-order valence-corrected chi connectivity index (χ1v) is 7.12. The van der Waals surface area contributed by atoms with Crippen LogP contribution in [0.4, 0.5) is 0 Å². The van der Waals surface area contributed by atoms with E-state index in [1.54, 1.807) is 0 Å². The summed E-state index contributed by atoms with van der Waals surface area (Å²) < 4.78 is 0. The number of halogens is 1. The molecule has 0 bridgehead atoms. The zero-order valence-corrected chi connectivity index (χ0v) is 12.8. The van der Waals surface area contributed by atoms with Crippen LogP contribution in [0.25, 0.3) is 10.9 Å². The van der Waals surface area contributed by atoms with Gasteiger partial charge in [-0.1, -0.05) is 32.0 Å². The van der Waals surface area contributed by atoms with Gasteiger partial charge in [-0.25, -0.2) is 0 Å². The number of nitrogens with zero attached hydrogens (tertiary/aromatic N) is 1. The molecule has 0 unspecified atom stereocenters. The Kier molecular flexibility index (Phi) is 6.96. The molecule has 0 saturated heterocycles. The molecule has 2 aromatic rings. The summed E-state index contributed by atoms with van der Waals surface area (Å²) in [5.41, 5.74) is 2.70. The van der Waals surface area contributed by atoms with E-state index in [0.29, 0.717) is 0 Å². The van der Waals surface area contributed by atoms with Crippen LogP contribution in [0.1, 0.15) is 32.3 Å². The molecule has 0 aliphatic carbocycles. The Hall–Kier alpha value is -0.990. The van der Waals surface area contributed by atoms with Crippen molar-refractivity contribution < 1.29 is 0 Å². The lowest BCUT2D eigenvalue weighted by atomic mass is 10.1. The van der Waals surface area contributed by atoms with Crippen LogP contribution in [0, 0.1) is 0 Å². The monoisotopic (exact) mass is 280 g/mol. The summed E-state index contributed by atoms with van der Waals surface area (Å²) in [4.78, 5) is 5.93. The highest BCUT2D eigenvalue weighted by molar-refractivity contribution is 5.85. The summed E-state index contributed by atoms with van der Waals surface area (Å²) in [5, 5.41) is 1.38. The zero-order valence-electron chi connectivity index (χ0n) is 12.0. The van der Waals surface area contributed by atoms with Gasteiger partial charge in [-0.2, -0.15) is 0 Å². The standard InChI is InChI=1S/C16H24N2.ClH/c1-3-10-18(11-4-2)12-9-14-13-17-16-8-6-5-7-15(14)16;/h5-8,13,17H,3-4,9-12H2,1-2H3;1H. The van der Waals surface area contributed by atoms with Crippen molar-refractivity contribution in [1.29, 1.82) is 0 Å². The Balaban J connectivity index is 0.00000180. The van der Waals surface area contributed by atoms with Crippen LogP contribution in [0.5, 0.6) is 0 Å². The number of nitrogens with one attached hydrogen (secondary N) is 1. The molecule has 1 N–H and O–H groups in total. The van der Waals surface area contributed by atoms with Crippen LogP contribution in [-0.2, 0) is 6.42 Å². The van der Waals surface area contributed by atoms with E-state index in [2.05, 4.69) is 54.2 Å². The van der Waals surface area contributed by atoms with E-state index < -0.39 is 0 Å². The largest absolute Gasteiger partial charge is 0.361 e. The van der Waals surface area contributed by atoms with E-state index in [4.69, 9.17) is 0 Å². The summed E-state index contributed by atoms with van der Waals surface area (Å²) in [7, 11) is 0. The average Bonchev–Trinajstić information content (AvgIpc) is 2.80. The predicted octanol–water partition coefficient (Wildman–Crippen LogP) is 4.25. The van der Waals surface area contributed by atoms with E-state index >= 15 is 0 Å². The Bertz CT molecular complexity index is 472. The summed E-state index contributed by atoms with van der Waals surface area (Å²) in [6.45, 7) is 8.12. The number of H-pyrrole nitrogens is 1. The van der Waals surface area contributed by atoms with E-state index in [1.165, 1.54) is 48.9 Å².